The highest BCUT2D eigenvalue weighted by Gasteiger charge is 1.99. The largest absolute Gasteiger partial charge is 0.469 e. The van der Waals surface area contributed by atoms with Gasteiger partial charge in [0.2, 0.25) is 0 Å². The van der Waals surface area contributed by atoms with Gasteiger partial charge in [0.1, 0.15) is 0 Å². The molecular formula is C16H26IN3O2. The molecule has 0 atom stereocenters. The fraction of sp³-hybridized carbons (Fsp3) is 0.500. The van der Waals surface area contributed by atoms with E-state index in [4.69, 9.17) is 5.73 Å². The zero-order valence-corrected chi connectivity index (χ0v) is 15.4. The fourth-order valence-corrected chi connectivity index (χ4v) is 1.92. The Labute approximate surface area is 149 Å². The number of esters is 1. The first kappa shape index (κ1) is 20.7. The summed E-state index contributed by atoms with van der Waals surface area (Å²) in [5.41, 5.74) is 6.75. The van der Waals surface area contributed by atoms with E-state index >= 15 is 0 Å². The summed E-state index contributed by atoms with van der Waals surface area (Å²) in [6, 6.07) is 9.75. The maximum atomic E-state index is 10.9. The molecule has 0 fully saturated rings. The van der Waals surface area contributed by atoms with Crippen molar-refractivity contribution in [3.8, 4) is 0 Å². The summed E-state index contributed by atoms with van der Waals surface area (Å²) in [6.45, 7) is 0.725. The number of carbonyl (C=O) groups excluding carboxylic acids is 1. The van der Waals surface area contributed by atoms with Gasteiger partial charge in [0.15, 0.2) is 5.96 Å². The molecule has 124 valence electrons. The van der Waals surface area contributed by atoms with Crippen molar-refractivity contribution in [1.29, 1.82) is 0 Å². The molecule has 3 N–H and O–H groups in total. The summed E-state index contributed by atoms with van der Waals surface area (Å²) in [6.07, 6.45) is 5.68. The molecule has 0 spiro atoms. The third-order valence-electron chi connectivity index (χ3n) is 3.10. The first-order valence-corrected chi connectivity index (χ1v) is 7.41. The Hall–Kier alpha value is -1.31. The number of nitrogens with two attached hydrogens (primary N) is 1. The number of guanidine groups is 1. The van der Waals surface area contributed by atoms with E-state index in [1.807, 2.05) is 30.3 Å². The van der Waals surface area contributed by atoms with Crippen LogP contribution < -0.4 is 11.1 Å². The van der Waals surface area contributed by atoms with Gasteiger partial charge in [-0.2, -0.15) is 0 Å². The number of anilines is 1. The number of nitrogens with zero attached hydrogens (tertiary/aromatic N) is 1. The Balaban J connectivity index is 0.00000441. The maximum absolute atomic E-state index is 10.9. The highest BCUT2D eigenvalue weighted by atomic mass is 127. The minimum atomic E-state index is -0.126. The van der Waals surface area contributed by atoms with Gasteiger partial charge in [-0.15, -0.1) is 24.0 Å². The third-order valence-corrected chi connectivity index (χ3v) is 3.10. The quantitative estimate of drug-likeness (QED) is 0.211. The SMILES string of the molecule is COC(=O)CCCCCCCN=C(N)Nc1ccccc1.I. The van der Waals surface area contributed by atoms with Crippen molar-refractivity contribution >= 4 is 41.6 Å². The standard InChI is InChI=1S/C16H25N3O2.HI/c1-21-15(20)12-8-3-2-4-9-13-18-16(17)19-14-10-6-5-7-11-14;/h5-7,10-11H,2-4,8-9,12-13H2,1H3,(H3,17,18,19);1H. The highest BCUT2D eigenvalue weighted by molar-refractivity contribution is 14.0. The number of halogens is 1. The van der Waals surface area contributed by atoms with E-state index in [-0.39, 0.29) is 29.9 Å². The molecule has 0 aliphatic heterocycles. The third kappa shape index (κ3) is 10.4. The lowest BCUT2D eigenvalue weighted by molar-refractivity contribution is -0.140. The second-order valence-corrected chi connectivity index (χ2v) is 4.85. The summed E-state index contributed by atoms with van der Waals surface area (Å²) in [4.78, 5) is 15.2. The molecule has 6 heteroatoms. The first-order valence-electron chi connectivity index (χ1n) is 7.41. The second-order valence-electron chi connectivity index (χ2n) is 4.85. The molecule has 1 rings (SSSR count). The number of ether oxygens (including phenoxy) is 1. The van der Waals surface area contributed by atoms with E-state index in [9.17, 15) is 4.79 Å². The van der Waals surface area contributed by atoms with E-state index in [0.29, 0.717) is 12.4 Å². The van der Waals surface area contributed by atoms with Crippen molar-refractivity contribution < 1.29 is 9.53 Å². The van der Waals surface area contributed by atoms with Crippen molar-refractivity contribution in [1.82, 2.24) is 0 Å². The van der Waals surface area contributed by atoms with Crippen LogP contribution in [0.5, 0.6) is 0 Å². The van der Waals surface area contributed by atoms with Gasteiger partial charge in [-0.1, -0.05) is 37.5 Å². The maximum Gasteiger partial charge on any atom is 0.305 e. The van der Waals surface area contributed by atoms with Gasteiger partial charge in [-0.25, -0.2) is 0 Å². The van der Waals surface area contributed by atoms with Crippen molar-refractivity contribution in [3.63, 3.8) is 0 Å². The monoisotopic (exact) mass is 419 g/mol. The van der Waals surface area contributed by atoms with Crippen molar-refractivity contribution in [2.24, 2.45) is 10.7 Å². The number of benzene rings is 1. The van der Waals surface area contributed by atoms with Crippen LogP contribution in [-0.4, -0.2) is 25.6 Å². The van der Waals surface area contributed by atoms with Gasteiger partial charge in [-0.3, -0.25) is 9.79 Å². The van der Waals surface area contributed by atoms with Gasteiger partial charge < -0.3 is 15.8 Å². The lowest BCUT2D eigenvalue weighted by atomic mass is 10.1. The smallest absolute Gasteiger partial charge is 0.305 e. The molecular weight excluding hydrogens is 393 g/mol. The fourth-order valence-electron chi connectivity index (χ4n) is 1.92. The molecule has 22 heavy (non-hydrogen) atoms. The number of nitrogens with one attached hydrogen (secondary N) is 1. The zero-order chi connectivity index (χ0) is 15.3. The van der Waals surface area contributed by atoms with Crippen molar-refractivity contribution in [3.05, 3.63) is 30.3 Å². The number of unbranched alkanes of at least 4 members (excludes halogenated alkanes) is 4. The summed E-state index contributed by atoms with van der Waals surface area (Å²) >= 11 is 0. The Kier molecular flexibility index (Phi) is 12.6. The van der Waals surface area contributed by atoms with Crippen molar-refractivity contribution in [2.75, 3.05) is 19.0 Å². The summed E-state index contributed by atoms with van der Waals surface area (Å²) in [5, 5.41) is 3.05. The van der Waals surface area contributed by atoms with Gasteiger partial charge in [0.05, 0.1) is 7.11 Å². The molecule has 0 bridgehead atoms. The van der Waals surface area contributed by atoms with Crippen LogP contribution in [0.4, 0.5) is 5.69 Å². The van der Waals surface area contributed by atoms with Crippen LogP contribution in [0.3, 0.4) is 0 Å². The number of rotatable bonds is 9. The van der Waals surface area contributed by atoms with Gasteiger partial charge in [-0.05, 0) is 25.0 Å². The zero-order valence-electron chi connectivity index (χ0n) is 13.1. The average Bonchev–Trinajstić information content (AvgIpc) is 2.50. The average molecular weight is 419 g/mol. The minimum absolute atomic E-state index is 0. The Bertz CT molecular complexity index is 438. The van der Waals surface area contributed by atoms with E-state index in [1.165, 1.54) is 7.11 Å². The van der Waals surface area contributed by atoms with E-state index in [1.54, 1.807) is 0 Å². The molecule has 0 aliphatic carbocycles. The van der Waals surface area contributed by atoms with Crippen LogP contribution in [0.2, 0.25) is 0 Å². The lowest BCUT2D eigenvalue weighted by Gasteiger charge is -2.05. The summed E-state index contributed by atoms with van der Waals surface area (Å²) in [7, 11) is 1.42. The normalized spacial score (nSPS) is 10.7. The predicted molar refractivity (Wildman–Crippen MR) is 102 cm³/mol. The molecule has 0 unspecified atom stereocenters. The molecule has 1 aromatic rings. The van der Waals surface area contributed by atoms with E-state index in [2.05, 4.69) is 15.0 Å². The highest BCUT2D eigenvalue weighted by Crippen LogP contribution is 2.07. The molecule has 0 aromatic heterocycles. The molecule has 1 aromatic carbocycles. The molecule has 0 saturated heterocycles. The number of para-hydroxylation sites is 1. The Morgan fingerprint density at radius 3 is 2.45 bits per heavy atom. The number of hydrogen-bond acceptors (Lipinski definition) is 3. The molecule has 0 heterocycles. The van der Waals surface area contributed by atoms with Crippen LogP contribution >= 0.6 is 24.0 Å². The van der Waals surface area contributed by atoms with Crippen LogP contribution in [-0.2, 0) is 9.53 Å². The second kappa shape index (κ2) is 13.4. The topological polar surface area (TPSA) is 76.7 Å². The summed E-state index contributed by atoms with van der Waals surface area (Å²) < 4.78 is 4.59. The Morgan fingerprint density at radius 1 is 1.14 bits per heavy atom. The van der Waals surface area contributed by atoms with Crippen LogP contribution in [0.15, 0.2) is 35.3 Å². The number of aliphatic imine (C=N–C) groups is 1. The van der Waals surface area contributed by atoms with Crippen LogP contribution in [0, 0.1) is 0 Å². The lowest BCUT2D eigenvalue weighted by Crippen LogP contribution is -2.22. The van der Waals surface area contributed by atoms with Gasteiger partial charge >= 0.3 is 5.97 Å². The first-order chi connectivity index (χ1) is 10.2. The van der Waals surface area contributed by atoms with Gasteiger partial charge in [0.25, 0.3) is 0 Å². The molecule has 0 saturated carbocycles. The molecule has 0 aliphatic rings. The number of carbonyl (C=O) groups is 1. The Morgan fingerprint density at radius 2 is 1.77 bits per heavy atom. The van der Waals surface area contributed by atoms with Gasteiger partial charge in [0, 0.05) is 18.7 Å². The molecule has 0 amide bonds. The van der Waals surface area contributed by atoms with Crippen LogP contribution in [0.25, 0.3) is 0 Å². The van der Waals surface area contributed by atoms with E-state index in [0.717, 1.165) is 44.3 Å². The number of methoxy groups -OCH3 is 1. The van der Waals surface area contributed by atoms with Crippen LogP contribution in [0.1, 0.15) is 38.5 Å². The molecule has 0 radical (unpaired) electrons. The van der Waals surface area contributed by atoms with E-state index < -0.39 is 0 Å². The van der Waals surface area contributed by atoms with Crippen molar-refractivity contribution in [2.45, 2.75) is 38.5 Å². The summed E-state index contributed by atoms with van der Waals surface area (Å²) in [5.74, 6) is 0.325. The predicted octanol–water partition coefficient (Wildman–Crippen LogP) is 3.54. The minimum Gasteiger partial charge on any atom is -0.469 e. The molecule has 5 nitrogen and oxygen atoms in total. The number of hydrogen-bond donors (Lipinski definition) is 2.